The number of carboxylic acid groups (broad SMARTS) is 1. The van der Waals surface area contributed by atoms with Gasteiger partial charge in [0.2, 0.25) is 10.0 Å². The molecule has 1 rings (SSSR count). The first-order chi connectivity index (χ1) is 8.62. The van der Waals surface area contributed by atoms with Crippen LogP contribution < -0.4 is 4.72 Å². The van der Waals surface area contributed by atoms with Gasteiger partial charge in [0.05, 0.1) is 4.75 Å². The lowest BCUT2D eigenvalue weighted by Crippen LogP contribution is -2.33. The summed E-state index contributed by atoms with van der Waals surface area (Å²) in [5, 5.41) is 8.54. The van der Waals surface area contributed by atoms with E-state index in [1.54, 1.807) is 45.0 Å². The molecule has 0 aliphatic carbocycles. The molecule has 19 heavy (non-hydrogen) atoms. The topological polar surface area (TPSA) is 83.5 Å². The molecule has 2 N–H and O–H groups in total. The van der Waals surface area contributed by atoms with E-state index in [1.165, 1.54) is 6.08 Å². The molecule has 5 nitrogen and oxygen atoms in total. The Bertz CT molecular complexity index is 597. The van der Waals surface area contributed by atoms with Crippen LogP contribution in [0.2, 0.25) is 0 Å². The number of carboxylic acids is 1. The Balaban J connectivity index is 2.99. The Morgan fingerprint density at radius 2 is 1.95 bits per heavy atom. The molecule has 0 unspecified atom stereocenters. The minimum Gasteiger partial charge on any atom is -0.478 e. The third-order valence-electron chi connectivity index (χ3n) is 2.36. The van der Waals surface area contributed by atoms with E-state index in [2.05, 4.69) is 4.72 Å². The van der Waals surface area contributed by atoms with Crippen LogP contribution in [0.5, 0.6) is 0 Å². The Morgan fingerprint density at radius 1 is 1.32 bits per heavy atom. The van der Waals surface area contributed by atoms with Crippen molar-refractivity contribution in [3.05, 3.63) is 35.9 Å². The van der Waals surface area contributed by atoms with Crippen LogP contribution in [0.15, 0.2) is 30.3 Å². The summed E-state index contributed by atoms with van der Waals surface area (Å²) in [7, 11) is -3.49. The van der Waals surface area contributed by atoms with Gasteiger partial charge < -0.3 is 5.11 Å². The maximum Gasteiger partial charge on any atom is 0.328 e. The van der Waals surface area contributed by atoms with Crippen LogP contribution in [0.4, 0.5) is 5.69 Å². The molecule has 0 aliphatic rings. The lowest BCUT2D eigenvalue weighted by atomic mass is 10.2. The van der Waals surface area contributed by atoms with Crippen LogP contribution in [-0.2, 0) is 14.8 Å². The average molecular weight is 283 g/mol. The van der Waals surface area contributed by atoms with E-state index < -0.39 is 20.7 Å². The Labute approximate surface area is 113 Å². The molecule has 0 atom stereocenters. The van der Waals surface area contributed by atoms with Crippen LogP contribution >= 0.6 is 0 Å². The fraction of sp³-hybridized carbons (Fsp3) is 0.308. The molecule has 0 spiro atoms. The van der Waals surface area contributed by atoms with E-state index in [4.69, 9.17) is 5.11 Å². The van der Waals surface area contributed by atoms with Gasteiger partial charge in [-0.1, -0.05) is 12.1 Å². The minimum atomic E-state index is -3.49. The number of anilines is 1. The van der Waals surface area contributed by atoms with Gasteiger partial charge in [0.1, 0.15) is 0 Å². The highest BCUT2D eigenvalue weighted by Crippen LogP contribution is 2.20. The molecule has 104 valence electrons. The van der Waals surface area contributed by atoms with Crippen molar-refractivity contribution in [2.45, 2.75) is 25.5 Å². The molecule has 1 aromatic carbocycles. The third-order valence-corrected chi connectivity index (χ3v) is 4.48. The number of sulfonamides is 1. The van der Waals surface area contributed by atoms with Crippen molar-refractivity contribution in [3.8, 4) is 0 Å². The maximum absolute atomic E-state index is 12.0. The molecule has 0 aromatic heterocycles. The largest absolute Gasteiger partial charge is 0.478 e. The molecule has 0 fully saturated rings. The lowest BCUT2D eigenvalue weighted by molar-refractivity contribution is -0.131. The summed E-state index contributed by atoms with van der Waals surface area (Å²) in [5.74, 6) is -1.05. The first-order valence-corrected chi connectivity index (χ1v) is 7.13. The second-order valence-electron chi connectivity index (χ2n) is 5.01. The van der Waals surface area contributed by atoms with Gasteiger partial charge in [-0.3, -0.25) is 4.72 Å². The molecule has 0 amide bonds. The van der Waals surface area contributed by atoms with Gasteiger partial charge in [0, 0.05) is 11.8 Å². The van der Waals surface area contributed by atoms with Gasteiger partial charge in [-0.05, 0) is 44.5 Å². The summed E-state index contributed by atoms with van der Waals surface area (Å²) < 4.78 is 25.5. The number of aliphatic carboxylic acids is 1. The van der Waals surface area contributed by atoms with Gasteiger partial charge in [-0.15, -0.1) is 0 Å². The Hall–Kier alpha value is -1.82. The second-order valence-corrected chi connectivity index (χ2v) is 7.45. The molecule has 0 saturated carbocycles. The quantitative estimate of drug-likeness (QED) is 0.831. The number of hydrogen-bond donors (Lipinski definition) is 2. The number of benzene rings is 1. The van der Waals surface area contributed by atoms with E-state index in [-0.39, 0.29) is 0 Å². The Morgan fingerprint density at radius 3 is 2.47 bits per heavy atom. The van der Waals surface area contributed by atoms with Gasteiger partial charge >= 0.3 is 5.97 Å². The predicted octanol–water partition coefficient (Wildman–Crippen LogP) is 2.32. The van der Waals surface area contributed by atoms with Crippen LogP contribution in [0.3, 0.4) is 0 Å². The normalized spacial score (nSPS) is 12.6. The summed E-state index contributed by atoms with van der Waals surface area (Å²) >= 11 is 0. The third kappa shape index (κ3) is 4.40. The number of hydrogen-bond acceptors (Lipinski definition) is 3. The van der Waals surface area contributed by atoms with Crippen LogP contribution in [0.1, 0.15) is 26.3 Å². The number of rotatable bonds is 4. The van der Waals surface area contributed by atoms with Crippen molar-refractivity contribution in [3.63, 3.8) is 0 Å². The summed E-state index contributed by atoms with van der Waals surface area (Å²) in [6.07, 6.45) is 2.40. The highest BCUT2D eigenvalue weighted by atomic mass is 32.2. The molecule has 0 saturated heterocycles. The van der Waals surface area contributed by atoms with E-state index in [0.717, 1.165) is 6.08 Å². The second kappa shape index (κ2) is 5.44. The van der Waals surface area contributed by atoms with E-state index >= 15 is 0 Å². The number of carbonyl (C=O) groups is 1. The zero-order valence-electron chi connectivity index (χ0n) is 11.0. The zero-order chi connectivity index (χ0) is 14.7. The van der Waals surface area contributed by atoms with E-state index in [1.807, 2.05) is 0 Å². The molecular formula is C13H17NO4S. The van der Waals surface area contributed by atoms with Gasteiger partial charge in [-0.2, -0.15) is 0 Å². The fourth-order valence-electron chi connectivity index (χ4n) is 1.18. The predicted molar refractivity (Wildman–Crippen MR) is 75.4 cm³/mol. The molecule has 0 heterocycles. The van der Waals surface area contributed by atoms with Crippen molar-refractivity contribution in [1.82, 2.24) is 0 Å². The van der Waals surface area contributed by atoms with E-state index in [9.17, 15) is 13.2 Å². The SMILES string of the molecule is CC(C)(C)S(=O)(=O)Nc1cccc(/C=C/C(=O)O)c1. The maximum atomic E-state index is 12.0. The molecule has 0 bridgehead atoms. The number of nitrogens with one attached hydrogen (secondary N) is 1. The van der Waals surface area contributed by atoms with Crippen molar-refractivity contribution < 1.29 is 18.3 Å². The highest BCUT2D eigenvalue weighted by Gasteiger charge is 2.28. The van der Waals surface area contributed by atoms with Crippen molar-refractivity contribution >= 4 is 27.8 Å². The molecular weight excluding hydrogens is 266 g/mol. The van der Waals surface area contributed by atoms with Crippen LogP contribution in [-0.4, -0.2) is 24.2 Å². The van der Waals surface area contributed by atoms with Crippen LogP contribution in [0.25, 0.3) is 6.08 Å². The zero-order valence-corrected chi connectivity index (χ0v) is 11.9. The monoisotopic (exact) mass is 283 g/mol. The van der Waals surface area contributed by atoms with Crippen molar-refractivity contribution in [2.24, 2.45) is 0 Å². The Kier molecular flexibility index (Phi) is 4.36. The first kappa shape index (κ1) is 15.2. The molecule has 1 aromatic rings. The average Bonchev–Trinajstić information content (AvgIpc) is 2.24. The minimum absolute atomic E-state index is 0.405. The summed E-state index contributed by atoms with van der Waals surface area (Å²) in [5.41, 5.74) is 1.01. The van der Waals surface area contributed by atoms with Gasteiger partial charge in [0.15, 0.2) is 0 Å². The molecule has 6 heteroatoms. The van der Waals surface area contributed by atoms with Gasteiger partial charge in [0.25, 0.3) is 0 Å². The standard InChI is InChI=1S/C13H17NO4S/c1-13(2,3)19(17,18)14-11-6-4-5-10(9-11)7-8-12(15)16/h4-9,14H,1-3H3,(H,15,16)/b8-7+. The first-order valence-electron chi connectivity index (χ1n) is 5.65. The summed E-state index contributed by atoms with van der Waals surface area (Å²) in [6.45, 7) is 4.80. The summed E-state index contributed by atoms with van der Waals surface area (Å²) in [4.78, 5) is 10.4. The summed E-state index contributed by atoms with van der Waals surface area (Å²) in [6, 6.07) is 6.53. The fourth-order valence-corrected chi connectivity index (χ4v) is 1.93. The van der Waals surface area contributed by atoms with Gasteiger partial charge in [-0.25, -0.2) is 13.2 Å². The highest BCUT2D eigenvalue weighted by molar-refractivity contribution is 7.94. The smallest absolute Gasteiger partial charge is 0.328 e. The van der Waals surface area contributed by atoms with Crippen molar-refractivity contribution in [2.75, 3.05) is 4.72 Å². The van der Waals surface area contributed by atoms with Crippen molar-refractivity contribution in [1.29, 1.82) is 0 Å². The molecule has 0 aliphatic heterocycles. The lowest BCUT2D eigenvalue weighted by Gasteiger charge is -2.20. The van der Waals surface area contributed by atoms with E-state index in [0.29, 0.717) is 11.3 Å². The molecule has 0 radical (unpaired) electrons. The van der Waals surface area contributed by atoms with Crippen LogP contribution in [0, 0.1) is 0 Å².